The Kier molecular flexibility index (Phi) is 12.9. The SMILES string of the molecule is COc1cc(-c2cccc(-c3cccc(NCc4cc(OC)c(CNC(CO)C(=O)O)cc4Cl)c3C=N)c2Cl)ccc1CNCC1CCC(=O)N1. The first kappa shape index (κ1) is 37.6. The van der Waals surface area contributed by atoms with E-state index in [1.165, 1.54) is 13.3 Å². The van der Waals surface area contributed by atoms with E-state index in [-0.39, 0.29) is 18.5 Å². The summed E-state index contributed by atoms with van der Waals surface area (Å²) in [4.78, 5) is 22.8. The molecule has 2 atom stereocenters. The number of carboxylic acids is 1. The smallest absolute Gasteiger partial charge is 0.323 e. The van der Waals surface area contributed by atoms with E-state index in [0.29, 0.717) is 58.7 Å². The van der Waals surface area contributed by atoms with Crippen molar-refractivity contribution in [3.05, 3.63) is 99.0 Å². The molecule has 0 saturated carbocycles. The van der Waals surface area contributed by atoms with Gasteiger partial charge in [0.05, 0.1) is 25.8 Å². The molecule has 7 N–H and O–H groups in total. The molecule has 2 unspecified atom stereocenters. The summed E-state index contributed by atoms with van der Waals surface area (Å²) in [5, 5.41) is 40.4. The first-order valence-electron chi connectivity index (χ1n) is 16.4. The van der Waals surface area contributed by atoms with Crippen LogP contribution in [0, 0.1) is 5.41 Å². The molecule has 4 aromatic rings. The van der Waals surface area contributed by atoms with Crippen molar-refractivity contribution in [3.63, 3.8) is 0 Å². The van der Waals surface area contributed by atoms with Crippen LogP contribution in [0.1, 0.15) is 35.1 Å². The summed E-state index contributed by atoms with van der Waals surface area (Å²) in [6.07, 6.45) is 2.69. The highest BCUT2D eigenvalue weighted by Gasteiger charge is 2.21. The van der Waals surface area contributed by atoms with Gasteiger partial charge in [0.2, 0.25) is 5.91 Å². The van der Waals surface area contributed by atoms with E-state index in [1.807, 2.05) is 54.6 Å². The molecule has 1 heterocycles. The zero-order chi connectivity index (χ0) is 36.5. The molecule has 0 bridgehead atoms. The van der Waals surface area contributed by atoms with Crippen molar-refractivity contribution in [1.82, 2.24) is 16.0 Å². The Labute approximate surface area is 306 Å². The summed E-state index contributed by atoms with van der Waals surface area (Å²) < 4.78 is 11.3. The van der Waals surface area contributed by atoms with Crippen molar-refractivity contribution in [2.24, 2.45) is 0 Å². The maximum Gasteiger partial charge on any atom is 0.323 e. The highest BCUT2D eigenvalue weighted by atomic mass is 35.5. The fourth-order valence-electron chi connectivity index (χ4n) is 6.10. The van der Waals surface area contributed by atoms with Gasteiger partial charge in [0.1, 0.15) is 17.5 Å². The van der Waals surface area contributed by atoms with Crippen LogP contribution in [-0.2, 0) is 29.2 Å². The highest BCUT2D eigenvalue weighted by Crippen LogP contribution is 2.40. The molecule has 268 valence electrons. The van der Waals surface area contributed by atoms with Gasteiger partial charge in [0.25, 0.3) is 0 Å². The minimum atomic E-state index is -1.16. The highest BCUT2D eigenvalue weighted by molar-refractivity contribution is 6.36. The number of halogens is 2. The Balaban J connectivity index is 1.34. The number of carboxylic acid groups (broad SMARTS) is 1. The number of amides is 1. The third-order valence-corrected chi connectivity index (χ3v) is 9.63. The van der Waals surface area contributed by atoms with Crippen LogP contribution in [0.3, 0.4) is 0 Å². The largest absolute Gasteiger partial charge is 0.496 e. The van der Waals surface area contributed by atoms with Crippen LogP contribution in [-0.4, -0.2) is 67.8 Å². The molecule has 13 heteroatoms. The topological polar surface area (TPSA) is 165 Å². The molecule has 1 aliphatic heterocycles. The average Bonchev–Trinajstić information content (AvgIpc) is 3.55. The molecule has 0 aromatic heterocycles. The van der Waals surface area contributed by atoms with Crippen LogP contribution < -0.4 is 30.7 Å². The van der Waals surface area contributed by atoms with Crippen LogP contribution in [0.25, 0.3) is 22.3 Å². The van der Waals surface area contributed by atoms with Crippen LogP contribution in [0.15, 0.2) is 66.7 Å². The lowest BCUT2D eigenvalue weighted by Crippen LogP contribution is -2.39. The van der Waals surface area contributed by atoms with Crippen LogP contribution >= 0.6 is 23.2 Å². The van der Waals surface area contributed by atoms with Gasteiger partial charge < -0.3 is 41.0 Å². The molecule has 0 aliphatic carbocycles. The van der Waals surface area contributed by atoms with Crippen molar-refractivity contribution in [1.29, 1.82) is 5.41 Å². The summed E-state index contributed by atoms with van der Waals surface area (Å²) in [6.45, 7) is 1.16. The minimum Gasteiger partial charge on any atom is -0.496 e. The zero-order valence-electron chi connectivity index (χ0n) is 28.3. The van der Waals surface area contributed by atoms with Gasteiger partial charge >= 0.3 is 5.97 Å². The molecule has 0 radical (unpaired) electrons. The van der Waals surface area contributed by atoms with Crippen LogP contribution in [0.5, 0.6) is 11.5 Å². The first-order valence-corrected chi connectivity index (χ1v) is 17.2. The van der Waals surface area contributed by atoms with Crippen molar-refractivity contribution < 1.29 is 29.3 Å². The summed E-state index contributed by atoms with van der Waals surface area (Å²) in [5.74, 6) is 0.164. The number of aliphatic hydroxyl groups is 1. The van der Waals surface area contributed by atoms with Crippen molar-refractivity contribution in [3.8, 4) is 33.8 Å². The summed E-state index contributed by atoms with van der Waals surface area (Å²) in [5.41, 5.74) is 6.94. The van der Waals surface area contributed by atoms with Crippen molar-refractivity contribution in [2.45, 2.75) is 44.6 Å². The van der Waals surface area contributed by atoms with E-state index in [2.05, 4.69) is 21.3 Å². The lowest BCUT2D eigenvalue weighted by atomic mass is 9.94. The summed E-state index contributed by atoms with van der Waals surface area (Å²) in [7, 11) is 3.15. The number of carbonyl (C=O) groups excluding carboxylic acids is 1. The van der Waals surface area contributed by atoms with Crippen LogP contribution in [0.2, 0.25) is 10.0 Å². The second-order valence-electron chi connectivity index (χ2n) is 12.1. The predicted molar refractivity (Wildman–Crippen MR) is 200 cm³/mol. The molecule has 1 fully saturated rings. The van der Waals surface area contributed by atoms with E-state index < -0.39 is 18.6 Å². The zero-order valence-corrected chi connectivity index (χ0v) is 29.8. The third-order valence-electron chi connectivity index (χ3n) is 8.87. The van der Waals surface area contributed by atoms with Crippen molar-refractivity contribution >= 4 is 47.0 Å². The Morgan fingerprint density at radius 3 is 2.37 bits per heavy atom. The van der Waals surface area contributed by atoms with Gasteiger partial charge in [-0.2, -0.15) is 0 Å². The molecular formula is C38H41Cl2N5O6. The first-order chi connectivity index (χ1) is 24.7. The van der Waals surface area contributed by atoms with Crippen LogP contribution in [0.4, 0.5) is 5.69 Å². The van der Waals surface area contributed by atoms with Crippen molar-refractivity contribution in [2.75, 3.05) is 32.7 Å². The van der Waals surface area contributed by atoms with E-state index in [1.54, 1.807) is 19.2 Å². The van der Waals surface area contributed by atoms with Gasteiger partial charge in [-0.3, -0.25) is 14.9 Å². The second-order valence-corrected chi connectivity index (χ2v) is 12.9. The number of carbonyl (C=O) groups is 2. The minimum absolute atomic E-state index is 0.0938. The monoisotopic (exact) mass is 733 g/mol. The van der Waals surface area contributed by atoms with Gasteiger partial charge in [-0.05, 0) is 47.4 Å². The molecule has 5 rings (SSSR count). The molecule has 1 amide bonds. The number of methoxy groups -OCH3 is 2. The maximum atomic E-state index is 11.5. The number of aliphatic carboxylic acids is 1. The number of benzene rings is 4. The number of aliphatic hydroxyl groups excluding tert-OH is 1. The van der Waals surface area contributed by atoms with E-state index in [4.69, 9.17) is 38.1 Å². The molecular weight excluding hydrogens is 693 g/mol. The number of rotatable bonds is 17. The van der Waals surface area contributed by atoms with Gasteiger partial charge in [0.15, 0.2) is 0 Å². The fraction of sp³-hybridized carbons (Fsp3) is 0.289. The van der Waals surface area contributed by atoms with Gasteiger partial charge in [0, 0.05) is 83.4 Å². The second kappa shape index (κ2) is 17.5. The summed E-state index contributed by atoms with van der Waals surface area (Å²) in [6, 6.07) is 20.0. The van der Waals surface area contributed by atoms with E-state index >= 15 is 0 Å². The predicted octanol–water partition coefficient (Wildman–Crippen LogP) is 5.86. The Morgan fingerprint density at radius 2 is 1.69 bits per heavy atom. The lowest BCUT2D eigenvalue weighted by molar-refractivity contribution is -0.140. The maximum absolute atomic E-state index is 11.5. The van der Waals surface area contributed by atoms with Gasteiger partial charge in [-0.15, -0.1) is 0 Å². The molecule has 51 heavy (non-hydrogen) atoms. The summed E-state index contributed by atoms with van der Waals surface area (Å²) >= 11 is 13.8. The molecule has 1 aliphatic rings. The number of hydrogen-bond acceptors (Lipinski definition) is 9. The fourth-order valence-corrected chi connectivity index (χ4v) is 6.69. The Hall–Kier alpha value is -4.65. The van der Waals surface area contributed by atoms with Gasteiger partial charge in [-0.25, -0.2) is 0 Å². The molecule has 0 spiro atoms. The number of anilines is 1. The number of ether oxygens (including phenoxy) is 2. The Bertz CT molecular complexity index is 1910. The standard InChI is InChI=1S/C38H41Cl2N5O6/c1-50-34-14-22(9-10-23(34)17-42-20-26-11-12-36(47)45-26)27-5-3-7-29(37(27)40)28-6-4-8-32(30(28)16-41)43-18-24-15-35(51-2)25(13-31(24)39)19-44-33(21-46)38(48)49/h3-10,13-16,26,33,41-44,46H,11-12,17-21H2,1-2H3,(H,45,47)(H,48,49). The Morgan fingerprint density at radius 1 is 0.961 bits per heavy atom. The molecule has 4 aromatic carbocycles. The van der Waals surface area contributed by atoms with E-state index in [9.17, 15) is 19.8 Å². The average molecular weight is 735 g/mol. The lowest BCUT2D eigenvalue weighted by Gasteiger charge is -2.18. The van der Waals surface area contributed by atoms with Gasteiger partial charge in [-0.1, -0.05) is 65.7 Å². The number of hydrogen-bond donors (Lipinski definition) is 7. The molecule has 11 nitrogen and oxygen atoms in total. The number of nitrogens with one attached hydrogen (secondary N) is 5. The normalized spacial score (nSPS) is 14.5. The quantitative estimate of drug-likeness (QED) is 0.0659. The molecule has 1 saturated heterocycles. The third kappa shape index (κ3) is 8.99. The van der Waals surface area contributed by atoms with E-state index in [0.717, 1.165) is 45.6 Å².